The molecule has 1 N–H and O–H groups in total. The average Bonchev–Trinajstić information content (AvgIpc) is 2.78. The number of hydrogen-bond acceptors (Lipinski definition) is 4. The maximum Gasteiger partial charge on any atom is 0.255 e. The minimum Gasteiger partial charge on any atom is -0.493 e. The molecule has 0 spiro atoms. The highest BCUT2D eigenvalue weighted by Crippen LogP contribution is 2.30. The average molecular weight is 440 g/mol. The van der Waals surface area contributed by atoms with E-state index in [4.69, 9.17) is 9.47 Å². The van der Waals surface area contributed by atoms with Crippen molar-refractivity contribution in [1.82, 2.24) is 4.57 Å². The van der Waals surface area contributed by atoms with Crippen molar-refractivity contribution in [1.29, 1.82) is 0 Å². The molecule has 1 heterocycles. The summed E-state index contributed by atoms with van der Waals surface area (Å²) in [7, 11) is 1.52. The van der Waals surface area contributed by atoms with Crippen molar-refractivity contribution in [3.05, 3.63) is 88.1 Å². The third-order valence-corrected chi connectivity index (χ3v) is 4.29. The second-order valence-electron chi connectivity index (χ2n) is 7.49. The summed E-state index contributed by atoms with van der Waals surface area (Å²) >= 11 is 0. The van der Waals surface area contributed by atoms with Gasteiger partial charge in [-0.25, -0.2) is 4.39 Å². The Balaban J connectivity index is 0.00000176. The van der Waals surface area contributed by atoms with Gasteiger partial charge in [-0.15, -0.1) is 0 Å². The Labute approximate surface area is 188 Å². The van der Waals surface area contributed by atoms with E-state index in [2.05, 4.69) is 0 Å². The van der Waals surface area contributed by atoms with Crippen molar-refractivity contribution >= 4 is 12.2 Å². The lowest BCUT2D eigenvalue weighted by Crippen LogP contribution is -2.28. The van der Waals surface area contributed by atoms with E-state index in [1.165, 1.54) is 29.9 Å². The van der Waals surface area contributed by atoms with E-state index in [0.717, 1.165) is 11.1 Å². The van der Waals surface area contributed by atoms with Crippen molar-refractivity contribution in [2.45, 2.75) is 33.3 Å². The van der Waals surface area contributed by atoms with Crippen LogP contribution in [0.15, 0.2) is 65.6 Å². The zero-order valence-corrected chi connectivity index (χ0v) is 19.1. The molecule has 32 heavy (non-hydrogen) atoms. The summed E-state index contributed by atoms with van der Waals surface area (Å²) < 4.78 is 25.5. The van der Waals surface area contributed by atoms with Crippen LogP contribution in [0.3, 0.4) is 0 Å². The van der Waals surface area contributed by atoms with E-state index in [1.54, 1.807) is 56.5 Å². The highest BCUT2D eigenvalue weighted by Gasteiger charge is 2.15. The van der Waals surface area contributed by atoms with Crippen molar-refractivity contribution < 1.29 is 19.0 Å². The molecular formula is C26H30FNO4. The molecule has 0 saturated carbocycles. The van der Waals surface area contributed by atoms with E-state index in [9.17, 15) is 14.3 Å². The van der Waals surface area contributed by atoms with E-state index in [0.29, 0.717) is 17.2 Å². The maximum absolute atomic E-state index is 13.0. The van der Waals surface area contributed by atoms with Gasteiger partial charge in [0.15, 0.2) is 11.5 Å². The molecule has 0 aliphatic carbocycles. The normalized spacial score (nSPS) is 11.1. The Morgan fingerprint density at radius 3 is 2.22 bits per heavy atom. The number of halogens is 1. The molecule has 0 aliphatic heterocycles. The Morgan fingerprint density at radius 1 is 0.969 bits per heavy atom. The number of aromatic nitrogens is 1. The highest BCUT2D eigenvalue weighted by atomic mass is 19.1. The number of methoxy groups -OCH3 is 1. The van der Waals surface area contributed by atoms with Crippen LogP contribution < -0.4 is 15.0 Å². The second kappa shape index (κ2) is 11.3. The van der Waals surface area contributed by atoms with Gasteiger partial charge in [-0.3, -0.25) is 9.36 Å². The van der Waals surface area contributed by atoms with E-state index >= 15 is 0 Å². The molecular weight excluding hydrogens is 409 g/mol. The van der Waals surface area contributed by atoms with Gasteiger partial charge in [0.05, 0.1) is 18.4 Å². The largest absolute Gasteiger partial charge is 0.493 e. The zero-order valence-electron chi connectivity index (χ0n) is 19.1. The Morgan fingerprint density at radius 2 is 1.62 bits per heavy atom. The molecule has 0 bridgehead atoms. The van der Waals surface area contributed by atoms with Crippen LogP contribution in [0.4, 0.5) is 4.39 Å². The molecule has 0 radical (unpaired) electrons. The maximum atomic E-state index is 13.0. The van der Waals surface area contributed by atoms with Crippen LogP contribution in [0, 0.1) is 5.82 Å². The van der Waals surface area contributed by atoms with Crippen LogP contribution in [0.1, 0.15) is 38.8 Å². The van der Waals surface area contributed by atoms with Crippen molar-refractivity contribution in [2.75, 3.05) is 13.7 Å². The first-order chi connectivity index (χ1) is 15.2. The van der Waals surface area contributed by atoms with E-state index < -0.39 is 5.60 Å². The number of ether oxygens (including phenoxy) is 2. The summed E-state index contributed by atoms with van der Waals surface area (Å²) in [5.74, 6) is 0.654. The van der Waals surface area contributed by atoms with Gasteiger partial charge in [0.25, 0.3) is 5.56 Å². The van der Waals surface area contributed by atoms with Gasteiger partial charge in [-0.05, 0) is 55.3 Å². The molecule has 0 aliphatic rings. The number of benzene rings is 2. The Kier molecular flexibility index (Phi) is 8.79. The van der Waals surface area contributed by atoms with Gasteiger partial charge in [0.1, 0.15) is 12.4 Å². The quantitative estimate of drug-likeness (QED) is 0.540. The molecule has 5 nitrogen and oxygen atoms in total. The minimum atomic E-state index is -0.974. The fraction of sp³-hybridized carbons (Fsp3) is 0.269. The second-order valence-corrected chi connectivity index (χ2v) is 7.49. The molecule has 1 aromatic heterocycles. The summed E-state index contributed by atoms with van der Waals surface area (Å²) in [6.07, 6.45) is 5.29. The summed E-state index contributed by atoms with van der Waals surface area (Å²) in [6.45, 7) is 7.41. The molecule has 6 heteroatoms. The van der Waals surface area contributed by atoms with Crippen LogP contribution in [-0.4, -0.2) is 29.0 Å². The van der Waals surface area contributed by atoms with E-state index in [1.807, 2.05) is 26.0 Å². The van der Waals surface area contributed by atoms with Crippen molar-refractivity contribution in [2.24, 2.45) is 0 Å². The first kappa shape index (κ1) is 24.9. The lowest BCUT2D eigenvalue weighted by Gasteiger charge is -2.19. The van der Waals surface area contributed by atoms with Crippen LogP contribution in [0.5, 0.6) is 11.5 Å². The molecule has 3 rings (SSSR count). The summed E-state index contributed by atoms with van der Waals surface area (Å²) in [6, 6.07) is 14.6. The number of aliphatic hydroxyl groups is 1. The molecule has 3 aromatic rings. The Bertz CT molecular complexity index is 1100. The molecule has 0 fully saturated rings. The molecule has 170 valence electrons. The van der Waals surface area contributed by atoms with Gasteiger partial charge in [-0.1, -0.05) is 38.1 Å². The topological polar surface area (TPSA) is 60.7 Å². The van der Waals surface area contributed by atoms with Crippen molar-refractivity contribution in [3.63, 3.8) is 0 Å². The van der Waals surface area contributed by atoms with Gasteiger partial charge < -0.3 is 14.6 Å². The van der Waals surface area contributed by atoms with Crippen LogP contribution >= 0.6 is 0 Å². The van der Waals surface area contributed by atoms with Crippen LogP contribution in [0.25, 0.3) is 17.8 Å². The van der Waals surface area contributed by atoms with Crippen molar-refractivity contribution in [3.8, 4) is 17.2 Å². The summed E-state index contributed by atoms with van der Waals surface area (Å²) in [4.78, 5) is 12.6. The van der Waals surface area contributed by atoms with Gasteiger partial charge in [0.2, 0.25) is 0 Å². The van der Waals surface area contributed by atoms with Crippen LogP contribution in [-0.2, 0) is 0 Å². The molecule has 0 unspecified atom stereocenters. The molecule has 0 saturated heterocycles. The standard InChI is InChI=1S/C24H24FNO4.C2H6/c1-24(2,28)16-30-21-11-10-20(15-22(21)29-3)26-13-12-18(14-23(26)27)5-4-17-6-8-19(25)9-7-17;1-2/h4-15,28H,16H2,1-3H3;1-2H3. The smallest absolute Gasteiger partial charge is 0.255 e. The summed E-state index contributed by atoms with van der Waals surface area (Å²) in [5, 5.41) is 9.83. The van der Waals surface area contributed by atoms with E-state index in [-0.39, 0.29) is 18.0 Å². The number of pyridine rings is 1. The molecule has 0 atom stereocenters. The number of nitrogens with zero attached hydrogens (tertiary/aromatic N) is 1. The monoisotopic (exact) mass is 439 g/mol. The first-order valence-electron chi connectivity index (χ1n) is 10.5. The Hall–Kier alpha value is -3.38. The minimum absolute atomic E-state index is 0.109. The van der Waals surface area contributed by atoms with Gasteiger partial charge in [-0.2, -0.15) is 0 Å². The first-order valence-corrected chi connectivity index (χ1v) is 10.5. The third kappa shape index (κ3) is 7.10. The summed E-state index contributed by atoms with van der Waals surface area (Å²) in [5.41, 5.74) is 1.02. The fourth-order valence-corrected chi connectivity index (χ4v) is 2.76. The SMILES string of the molecule is CC.COc1cc(-n2ccc(C=Cc3ccc(F)cc3)cc2=O)ccc1OCC(C)(C)O. The zero-order chi connectivity index (χ0) is 23.7. The fourth-order valence-electron chi connectivity index (χ4n) is 2.76. The predicted molar refractivity (Wildman–Crippen MR) is 127 cm³/mol. The molecule has 2 aromatic carbocycles. The predicted octanol–water partition coefficient (Wildman–Crippen LogP) is 5.33. The van der Waals surface area contributed by atoms with Crippen LogP contribution in [0.2, 0.25) is 0 Å². The molecule has 0 amide bonds. The third-order valence-electron chi connectivity index (χ3n) is 4.29. The van der Waals surface area contributed by atoms with Gasteiger partial charge >= 0.3 is 0 Å². The highest BCUT2D eigenvalue weighted by molar-refractivity contribution is 5.69. The van der Waals surface area contributed by atoms with Gasteiger partial charge in [0, 0.05) is 18.3 Å². The number of rotatable bonds is 7. The lowest BCUT2D eigenvalue weighted by atomic mass is 10.1. The lowest BCUT2D eigenvalue weighted by molar-refractivity contribution is 0.0276. The number of hydrogen-bond donors (Lipinski definition) is 1.